The average Bonchev–Trinajstić information content (AvgIpc) is 2.95. The number of pyridine rings is 1. The van der Waals surface area contributed by atoms with Gasteiger partial charge in [-0.1, -0.05) is 0 Å². The number of methoxy groups -OCH3 is 1. The molecule has 2 unspecified atom stereocenters. The summed E-state index contributed by atoms with van der Waals surface area (Å²) in [6.45, 7) is 5.70. The van der Waals surface area contributed by atoms with Crippen LogP contribution in [0.25, 0.3) is 0 Å². The third kappa shape index (κ3) is 4.50. The fourth-order valence-electron chi connectivity index (χ4n) is 3.12. The lowest BCUT2D eigenvalue weighted by atomic mass is 9.96. The van der Waals surface area contributed by atoms with E-state index in [-0.39, 0.29) is 24.3 Å². The zero-order valence-corrected chi connectivity index (χ0v) is 14.2. The van der Waals surface area contributed by atoms with Gasteiger partial charge in [0.25, 0.3) is 5.91 Å². The highest BCUT2D eigenvalue weighted by Crippen LogP contribution is 2.25. The first kappa shape index (κ1) is 17.8. The van der Waals surface area contributed by atoms with E-state index >= 15 is 0 Å². The molecule has 23 heavy (non-hydrogen) atoms. The summed E-state index contributed by atoms with van der Waals surface area (Å²) in [5.74, 6) is 0.416. The van der Waals surface area contributed by atoms with Crippen LogP contribution in [0.15, 0.2) is 18.5 Å². The molecule has 0 spiro atoms. The number of aliphatic hydroxyl groups excluding tert-OH is 1. The summed E-state index contributed by atoms with van der Waals surface area (Å²) in [4.78, 5) is 20.8. The maximum atomic E-state index is 12.7. The van der Waals surface area contributed by atoms with Crippen LogP contribution in [0.5, 0.6) is 0 Å². The molecule has 1 aromatic heterocycles. The standard InChI is InChI=1S/C17H27N3O3/c1-13-4-5-18-8-16(13)17(22)20-10-14(15(11-20)12-21)9-19(2)6-7-23-3/h4-5,8,14-15,21H,6-7,9-12H2,1-3H3. The second-order valence-electron chi connectivity index (χ2n) is 6.36. The largest absolute Gasteiger partial charge is 0.396 e. The Morgan fingerprint density at radius 2 is 2.22 bits per heavy atom. The van der Waals surface area contributed by atoms with Crippen molar-refractivity contribution >= 4 is 5.91 Å². The highest BCUT2D eigenvalue weighted by molar-refractivity contribution is 5.95. The summed E-state index contributed by atoms with van der Waals surface area (Å²) in [5, 5.41) is 9.66. The zero-order chi connectivity index (χ0) is 16.8. The van der Waals surface area contributed by atoms with E-state index in [4.69, 9.17) is 4.74 Å². The lowest BCUT2D eigenvalue weighted by Crippen LogP contribution is -2.34. The van der Waals surface area contributed by atoms with Gasteiger partial charge in [-0.05, 0) is 31.5 Å². The van der Waals surface area contributed by atoms with Crippen LogP contribution in [0.4, 0.5) is 0 Å². The van der Waals surface area contributed by atoms with Crippen molar-refractivity contribution in [3.05, 3.63) is 29.6 Å². The number of rotatable bonds is 7. The minimum atomic E-state index is 0.0103. The van der Waals surface area contributed by atoms with Crippen LogP contribution in [-0.4, -0.2) is 79.3 Å². The lowest BCUT2D eigenvalue weighted by Gasteiger charge is -2.23. The van der Waals surface area contributed by atoms with Gasteiger partial charge in [-0.15, -0.1) is 0 Å². The van der Waals surface area contributed by atoms with Gasteiger partial charge in [0.2, 0.25) is 0 Å². The second kappa shape index (κ2) is 8.38. The maximum absolute atomic E-state index is 12.7. The summed E-state index contributed by atoms with van der Waals surface area (Å²) in [7, 11) is 3.74. The Bertz CT molecular complexity index is 524. The average molecular weight is 321 g/mol. The van der Waals surface area contributed by atoms with E-state index in [1.54, 1.807) is 19.5 Å². The lowest BCUT2D eigenvalue weighted by molar-refractivity contribution is 0.0777. The normalized spacial score (nSPS) is 21.2. The maximum Gasteiger partial charge on any atom is 0.255 e. The monoisotopic (exact) mass is 321 g/mol. The molecule has 2 heterocycles. The van der Waals surface area contributed by atoms with Gasteiger partial charge in [-0.25, -0.2) is 0 Å². The van der Waals surface area contributed by atoms with Gasteiger partial charge in [0.1, 0.15) is 0 Å². The first-order valence-electron chi connectivity index (χ1n) is 8.05. The summed E-state index contributed by atoms with van der Waals surface area (Å²) in [6.07, 6.45) is 3.32. The van der Waals surface area contributed by atoms with Crippen LogP contribution >= 0.6 is 0 Å². The SMILES string of the molecule is COCCN(C)CC1CN(C(=O)c2cnccc2C)CC1CO. The van der Waals surface area contributed by atoms with Crippen molar-refractivity contribution in [2.45, 2.75) is 6.92 Å². The zero-order valence-electron chi connectivity index (χ0n) is 14.2. The van der Waals surface area contributed by atoms with Gasteiger partial charge in [0.15, 0.2) is 0 Å². The molecule has 2 atom stereocenters. The molecule has 6 nitrogen and oxygen atoms in total. The molecule has 1 N–H and O–H groups in total. The molecule has 128 valence electrons. The molecule has 1 amide bonds. The molecular weight excluding hydrogens is 294 g/mol. The minimum absolute atomic E-state index is 0.0103. The molecule has 1 saturated heterocycles. The second-order valence-corrected chi connectivity index (χ2v) is 6.36. The smallest absolute Gasteiger partial charge is 0.255 e. The Labute approximate surface area is 138 Å². The predicted molar refractivity (Wildman–Crippen MR) is 88.3 cm³/mol. The van der Waals surface area contributed by atoms with Gasteiger partial charge in [-0.2, -0.15) is 0 Å². The Morgan fingerprint density at radius 3 is 2.87 bits per heavy atom. The van der Waals surface area contributed by atoms with Crippen molar-refractivity contribution in [2.24, 2.45) is 11.8 Å². The molecule has 2 rings (SSSR count). The topological polar surface area (TPSA) is 65.9 Å². The first-order chi connectivity index (χ1) is 11.1. The van der Waals surface area contributed by atoms with Crippen molar-refractivity contribution in [1.82, 2.24) is 14.8 Å². The van der Waals surface area contributed by atoms with Gasteiger partial charge < -0.3 is 19.6 Å². The summed E-state index contributed by atoms with van der Waals surface area (Å²) < 4.78 is 5.10. The molecule has 0 radical (unpaired) electrons. The molecule has 6 heteroatoms. The van der Waals surface area contributed by atoms with Crippen molar-refractivity contribution in [1.29, 1.82) is 0 Å². The number of amides is 1. The summed E-state index contributed by atoms with van der Waals surface area (Å²) in [6, 6.07) is 1.85. The van der Waals surface area contributed by atoms with E-state index in [9.17, 15) is 9.90 Å². The fraction of sp³-hybridized carbons (Fsp3) is 0.647. The number of likely N-dealkylation sites (tertiary alicyclic amines) is 1. The molecule has 1 aromatic rings. The van der Waals surface area contributed by atoms with E-state index in [2.05, 4.69) is 9.88 Å². The quantitative estimate of drug-likeness (QED) is 0.799. The number of hydrogen-bond donors (Lipinski definition) is 1. The highest BCUT2D eigenvalue weighted by Gasteiger charge is 2.35. The highest BCUT2D eigenvalue weighted by atomic mass is 16.5. The number of carbonyl (C=O) groups excluding carboxylic acids is 1. The van der Waals surface area contributed by atoms with Crippen molar-refractivity contribution in [2.75, 3.05) is 53.6 Å². The Hall–Kier alpha value is -1.50. The van der Waals surface area contributed by atoms with Crippen molar-refractivity contribution in [3.8, 4) is 0 Å². The summed E-state index contributed by atoms with van der Waals surface area (Å²) in [5.41, 5.74) is 1.59. The number of carbonyl (C=O) groups is 1. The number of likely N-dealkylation sites (N-methyl/N-ethyl adjacent to an activating group) is 1. The molecule has 1 aliphatic heterocycles. The number of aromatic nitrogens is 1. The molecule has 0 aliphatic carbocycles. The molecular formula is C17H27N3O3. The van der Waals surface area contributed by atoms with E-state index in [0.717, 1.165) is 18.7 Å². The third-order valence-electron chi connectivity index (χ3n) is 4.59. The number of aryl methyl sites for hydroxylation is 1. The Morgan fingerprint density at radius 1 is 1.48 bits per heavy atom. The summed E-state index contributed by atoms with van der Waals surface area (Å²) >= 11 is 0. The van der Waals surface area contributed by atoms with Crippen LogP contribution < -0.4 is 0 Å². The number of hydrogen-bond acceptors (Lipinski definition) is 5. The van der Waals surface area contributed by atoms with E-state index in [1.807, 2.05) is 24.9 Å². The number of nitrogens with zero attached hydrogens (tertiary/aromatic N) is 3. The third-order valence-corrected chi connectivity index (χ3v) is 4.59. The van der Waals surface area contributed by atoms with E-state index in [1.165, 1.54) is 0 Å². The predicted octanol–water partition coefficient (Wildman–Crippen LogP) is 0.649. The van der Waals surface area contributed by atoms with Gasteiger partial charge in [0.05, 0.1) is 12.2 Å². The van der Waals surface area contributed by atoms with Gasteiger partial charge in [0, 0.05) is 58.2 Å². The van der Waals surface area contributed by atoms with E-state index < -0.39 is 0 Å². The van der Waals surface area contributed by atoms with Crippen LogP contribution in [-0.2, 0) is 4.74 Å². The minimum Gasteiger partial charge on any atom is -0.396 e. The molecule has 0 bridgehead atoms. The van der Waals surface area contributed by atoms with Crippen molar-refractivity contribution in [3.63, 3.8) is 0 Å². The van der Waals surface area contributed by atoms with Crippen LogP contribution in [0, 0.1) is 18.8 Å². The first-order valence-corrected chi connectivity index (χ1v) is 8.05. The Balaban J connectivity index is 2.00. The van der Waals surface area contributed by atoms with Crippen molar-refractivity contribution < 1.29 is 14.6 Å². The molecule has 0 saturated carbocycles. The van der Waals surface area contributed by atoms with Crippen LogP contribution in [0.3, 0.4) is 0 Å². The number of aliphatic hydroxyl groups is 1. The molecule has 1 aliphatic rings. The van der Waals surface area contributed by atoms with Crippen LogP contribution in [0.1, 0.15) is 15.9 Å². The van der Waals surface area contributed by atoms with Gasteiger partial charge in [-0.3, -0.25) is 9.78 Å². The number of ether oxygens (including phenoxy) is 1. The molecule has 0 aromatic carbocycles. The Kier molecular flexibility index (Phi) is 6.50. The van der Waals surface area contributed by atoms with E-state index in [0.29, 0.717) is 25.3 Å². The fourth-order valence-corrected chi connectivity index (χ4v) is 3.12. The van der Waals surface area contributed by atoms with Gasteiger partial charge >= 0.3 is 0 Å². The van der Waals surface area contributed by atoms with Crippen LogP contribution in [0.2, 0.25) is 0 Å². The molecule has 1 fully saturated rings.